The molecule has 0 aromatic carbocycles. The monoisotopic (exact) mass is 227 g/mol. The quantitative estimate of drug-likeness (QED) is 0.787. The van der Waals surface area contributed by atoms with Crippen LogP contribution in [0, 0.1) is 5.92 Å². The number of piperidine rings is 1. The van der Waals surface area contributed by atoms with Crippen molar-refractivity contribution in [2.24, 2.45) is 5.92 Å². The molecular formula is C10H14ClN3O. The molecule has 2 unspecified atom stereocenters. The van der Waals surface area contributed by atoms with E-state index in [4.69, 9.17) is 11.6 Å². The van der Waals surface area contributed by atoms with Crippen LogP contribution in [0.15, 0.2) is 12.5 Å². The van der Waals surface area contributed by atoms with E-state index >= 15 is 0 Å². The van der Waals surface area contributed by atoms with Gasteiger partial charge in [0.15, 0.2) is 5.82 Å². The number of anilines is 1. The molecule has 1 aromatic rings. The molecule has 82 valence electrons. The molecular weight excluding hydrogens is 214 g/mol. The van der Waals surface area contributed by atoms with Gasteiger partial charge in [0.25, 0.3) is 0 Å². The van der Waals surface area contributed by atoms with E-state index in [1.54, 1.807) is 6.20 Å². The minimum Gasteiger partial charge on any atom is -0.391 e. The van der Waals surface area contributed by atoms with Gasteiger partial charge in [0, 0.05) is 13.1 Å². The van der Waals surface area contributed by atoms with E-state index in [9.17, 15) is 5.11 Å². The summed E-state index contributed by atoms with van der Waals surface area (Å²) in [6, 6.07) is 0. The van der Waals surface area contributed by atoms with Crippen LogP contribution in [0.5, 0.6) is 0 Å². The first-order valence-electron chi connectivity index (χ1n) is 5.07. The topological polar surface area (TPSA) is 49.2 Å². The third-order valence-corrected chi connectivity index (χ3v) is 3.13. The maximum Gasteiger partial charge on any atom is 0.150 e. The highest BCUT2D eigenvalue weighted by Crippen LogP contribution is 2.26. The van der Waals surface area contributed by atoms with Crippen molar-refractivity contribution < 1.29 is 5.11 Å². The molecule has 0 saturated carbocycles. The average Bonchev–Trinajstić information content (AvgIpc) is 2.23. The van der Waals surface area contributed by atoms with Crippen LogP contribution in [0.25, 0.3) is 0 Å². The molecule has 2 rings (SSSR count). The van der Waals surface area contributed by atoms with Gasteiger partial charge in [0.1, 0.15) is 11.3 Å². The van der Waals surface area contributed by atoms with E-state index in [-0.39, 0.29) is 6.10 Å². The van der Waals surface area contributed by atoms with E-state index in [0.29, 0.717) is 17.5 Å². The molecule has 1 fully saturated rings. The molecule has 0 amide bonds. The van der Waals surface area contributed by atoms with E-state index in [1.807, 2.05) is 4.90 Å². The van der Waals surface area contributed by atoms with Gasteiger partial charge < -0.3 is 10.0 Å². The maximum absolute atomic E-state index is 9.77. The number of β-amino-alcohol motifs (C(OH)–C–C–N with tert-alkyl or cyclic N) is 1. The maximum atomic E-state index is 9.77. The Morgan fingerprint density at radius 3 is 3.07 bits per heavy atom. The highest BCUT2D eigenvalue weighted by atomic mass is 35.5. The van der Waals surface area contributed by atoms with Crippen LogP contribution < -0.4 is 4.90 Å². The number of aliphatic hydroxyl groups is 1. The first kappa shape index (κ1) is 10.6. The summed E-state index contributed by atoms with van der Waals surface area (Å²) in [5.41, 5.74) is 0. The zero-order chi connectivity index (χ0) is 10.8. The van der Waals surface area contributed by atoms with Gasteiger partial charge in [-0.15, -0.1) is 0 Å². The SMILES string of the molecule is CC1CCN(c2ncncc2Cl)CC1O. The van der Waals surface area contributed by atoms with Crippen molar-refractivity contribution >= 4 is 17.4 Å². The van der Waals surface area contributed by atoms with Crippen molar-refractivity contribution in [2.45, 2.75) is 19.4 Å². The Balaban J connectivity index is 2.15. The molecule has 0 bridgehead atoms. The van der Waals surface area contributed by atoms with Crippen LogP contribution in [0.4, 0.5) is 5.82 Å². The molecule has 1 N–H and O–H groups in total. The Morgan fingerprint density at radius 1 is 1.60 bits per heavy atom. The second-order valence-electron chi connectivity index (χ2n) is 3.97. The lowest BCUT2D eigenvalue weighted by atomic mass is 9.96. The van der Waals surface area contributed by atoms with Crippen LogP contribution in [-0.4, -0.2) is 34.3 Å². The normalized spacial score (nSPS) is 26.7. The first-order chi connectivity index (χ1) is 7.18. The Kier molecular flexibility index (Phi) is 3.07. The molecule has 2 heterocycles. The number of nitrogens with zero attached hydrogens (tertiary/aromatic N) is 3. The fourth-order valence-corrected chi connectivity index (χ4v) is 2.00. The largest absolute Gasteiger partial charge is 0.391 e. The summed E-state index contributed by atoms with van der Waals surface area (Å²) in [4.78, 5) is 9.98. The molecule has 1 aliphatic heterocycles. The van der Waals surface area contributed by atoms with Gasteiger partial charge in [-0.2, -0.15) is 0 Å². The Hall–Kier alpha value is -0.870. The summed E-state index contributed by atoms with van der Waals surface area (Å²) >= 11 is 5.99. The lowest BCUT2D eigenvalue weighted by molar-refractivity contribution is 0.102. The number of hydrogen-bond acceptors (Lipinski definition) is 4. The fraction of sp³-hybridized carbons (Fsp3) is 0.600. The van der Waals surface area contributed by atoms with Gasteiger partial charge in [-0.3, -0.25) is 0 Å². The summed E-state index contributed by atoms with van der Waals surface area (Å²) < 4.78 is 0. The standard InChI is InChI=1S/C10H14ClN3O/c1-7-2-3-14(5-9(7)15)10-8(11)4-12-6-13-10/h4,6-7,9,15H,2-3,5H2,1H3. The van der Waals surface area contributed by atoms with Crippen LogP contribution in [0.2, 0.25) is 5.02 Å². The summed E-state index contributed by atoms with van der Waals surface area (Å²) in [5.74, 6) is 1.07. The second kappa shape index (κ2) is 4.33. The van der Waals surface area contributed by atoms with Crippen LogP contribution in [-0.2, 0) is 0 Å². The highest BCUT2D eigenvalue weighted by molar-refractivity contribution is 6.32. The highest BCUT2D eigenvalue weighted by Gasteiger charge is 2.25. The molecule has 4 nitrogen and oxygen atoms in total. The van der Waals surface area contributed by atoms with Crippen molar-refractivity contribution in [2.75, 3.05) is 18.0 Å². The van der Waals surface area contributed by atoms with Gasteiger partial charge in [-0.25, -0.2) is 9.97 Å². The molecule has 0 radical (unpaired) electrons. The summed E-state index contributed by atoms with van der Waals surface area (Å²) in [6.45, 7) is 3.54. The van der Waals surface area contributed by atoms with Gasteiger partial charge in [-0.05, 0) is 12.3 Å². The van der Waals surface area contributed by atoms with Gasteiger partial charge in [0.05, 0.1) is 12.3 Å². The van der Waals surface area contributed by atoms with E-state index in [1.165, 1.54) is 6.33 Å². The van der Waals surface area contributed by atoms with Crippen molar-refractivity contribution in [1.29, 1.82) is 0 Å². The number of halogens is 1. The molecule has 1 aliphatic rings. The van der Waals surface area contributed by atoms with Crippen LogP contribution in [0.3, 0.4) is 0 Å². The lowest BCUT2D eigenvalue weighted by Crippen LogP contribution is -2.43. The molecule has 0 spiro atoms. The minimum atomic E-state index is -0.301. The number of aliphatic hydroxyl groups excluding tert-OH is 1. The number of aromatic nitrogens is 2. The Morgan fingerprint density at radius 2 is 2.40 bits per heavy atom. The smallest absolute Gasteiger partial charge is 0.150 e. The van der Waals surface area contributed by atoms with E-state index in [2.05, 4.69) is 16.9 Å². The van der Waals surface area contributed by atoms with E-state index in [0.717, 1.165) is 18.8 Å². The summed E-state index contributed by atoms with van der Waals surface area (Å²) in [5, 5.41) is 10.3. The van der Waals surface area contributed by atoms with Gasteiger partial charge in [0.2, 0.25) is 0 Å². The molecule has 1 saturated heterocycles. The van der Waals surface area contributed by atoms with E-state index < -0.39 is 0 Å². The first-order valence-corrected chi connectivity index (χ1v) is 5.45. The molecule has 1 aromatic heterocycles. The van der Waals surface area contributed by atoms with Crippen molar-refractivity contribution in [3.63, 3.8) is 0 Å². The minimum absolute atomic E-state index is 0.301. The molecule has 5 heteroatoms. The average molecular weight is 228 g/mol. The Bertz CT molecular complexity index is 347. The van der Waals surface area contributed by atoms with Gasteiger partial charge >= 0.3 is 0 Å². The Labute approximate surface area is 93.9 Å². The summed E-state index contributed by atoms with van der Waals surface area (Å²) in [6.07, 6.45) is 3.71. The predicted molar refractivity (Wildman–Crippen MR) is 59.0 cm³/mol. The molecule has 0 aliphatic carbocycles. The number of rotatable bonds is 1. The molecule has 15 heavy (non-hydrogen) atoms. The third kappa shape index (κ3) is 2.21. The predicted octanol–water partition coefficient (Wildman–Crippen LogP) is 1.34. The fourth-order valence-electron chi connectivity index (χ4n) is 1.78. The van der Waals surface area contributed by atoms with Crippen molar-refractivity contribution in [3.05, 3.63) is 17.5 Å². The number of hydrogen-bond donors (Lipinski definition) is 1. The zero-order valence-electron chi connectivity index (χ0n) is 8.60. The third-order valence-electron chi connectivity index (χ3n) is 2.87. The van der Waals surface area contributed by atoms with Gasteiger partial charge in [-0.1, -0.05) is 18.5 Å². The zero-order valence-corrected chi connectivity index (χ0v) is 9.35. The van der Waals surface area contributed by atoms with Crippen LogP contribution in [0.1, 0.15) is 13.3 Å². The molecule has 2 atom stereocenters. The van der Waals surface area contributed by atoms with Crippen molar-refractivity contribution in [1.82, 2.24) is 9.97 Å². The second-order valence-corrected chi connectivity index (χ2v) is 4.38. The van der Waals surface area contributed by atoms with Crippen molar-refractivity contribution in [3.8, 4) is 0 Å². The van der Waals surface area contributed by atoms with Crippen LogP contribution >= 0.6 is 11.6 Å². The summed E-state index contributed by atoms with van der Waals surface area (Å²) in [7, 11) is 0. The lowest BCUT2D eigenvalue weighted by Gasteiger charge is -2.35.